The summed E-state index contributed by atoms with van der Waals surface area (Å²) in [6.45, 7) is 6.97. The van der Waals surface area contributed by atoms with Crippen LogP contribution in [0.4, 0.5) is 10.1 Å². The molecule has 1 aromatic carbocycles. The maximum atomic E-state index is 13.0. The van der Waals surface area contributed by atoms with Gasteiger partial charge in [-0.1, -0.05) is 53.4 Å². The SMILES string of the molecule is CCOC(=O)c1sc(NC(=O)C(C)Sc2nnc(NC(=O)CCc3ccccc3)s2)c(C(=O)OCC)c1C. The van der Waals surface area contributed by atoms with Crippen LogP contribution in [0.2, 0.25) is 0 Å². The molecule has 202 valence electrons. The molecule has 0 fully saturated rings. The third-order valence-corrected chi connectivity index (χ3v) is 8.32. The van der Waals surface area contributed by atoms with Gasteiger partial charge in [0.2, 0.25) is 16.9 Å². The van der Waals surface area contributed by atoms with E-state index in [1.807, 2.05) is 30.3 Å². The molecular weight excluding hydrogens is 548 g/mol. The molecule has 0 aliphatic heterocycles. The lowest BCUT2D eigenvalue weighted by molar-refractivity contribution is -0.116. The second-order valence-electron chi connectivity index (χ2n) is 7.86. The van der Waals surface area contributed by atoms with Gasteiger partial charge in [0.15, 0.2) is 4.34 Å². The summed E-state index contributed by atoms with van der Waals surface area (Å²) in [6, 6.07) is 9.70. The van der Waals surface area contributed by atoms with E-state index in [1.165, 1.54) is 0 Å². The molecule has 38 heavy (non-hydrogen) atoms. The van der Waals surface area contributed by atoms with E-state index < -0.39 is 23.1 Å². The minimum Gasteiger partial charge on any atom is -0.462 e. The summed E-state index contributed by atoms with van der Waals surface area (Å²) >= 11 is 3.28. The number of hydrogen-bond donors (Lipinski definition) is 2. The second kappa shape index (κ2) is 14.0. The fourth-order valence-corrected chi connectivity index (χ4v) is 6.26. The first kappa shape index (κ1) is 29.3. The summed E-state index contributed by atoms with van der Waals surface area (Å²) in [4.78, 5) is 50.4. The number of nitrogens with one attached hydrogen (secondary N) is 2. The molecule has 1 unspecified atom stereocenters. The molecule has 2 aromatic heterocycles. The number of aromatic nitrogens is 2. The molecule has 1 atom stereocenters. The van der Waals surface area contributed by atoms with Crippen LogP contribution in [0.5, 0.6) is 0 Å². The molecule has 0 aliphatic rings. The van der Waals surface area contributed by atoms with E-state index in [2.05, 4.69) is 20.8 Å². The average Bonchev–Trinajstić information content (AvgIpc) is 3.46. The quantitative estimate of drug-likeness (QED) is 0.174. The third-order valence-electron chi connectivity index (χ3n) is 5.11. The van der Waals surface area contributed by atoms with E-state index in [-0.39, 0.29) is 34.6 Å². The van der Waals surface area contributed by atoms with Gasteiger partial charge >= 0.3 is 11.9 Å². The molecular formula is C25H28N4O6S3. The zero-order valence-corrected chi connectivity index (χ0v) is 23.8. The minimum atomic E-state index is -0.635. The van der Waals surface area contributed by atoms with Crippen molar-refractivity contribution in [1.29, 1.82) is 0 Å². The van der Waals surface area contributed by atoms with E-state index in [0.29, 0.717) is 27.9 Å². The number of ether oxygens (including phenoxy) is 2. The topological polar surface area (TPSA) is 137 Å². The summed E-state index contributed by atoms with van der Waals surface area (Å²) in [7, 11) is 0. The number of carbonyl (C=O) groups is 4. The summed E-state index contributed by atoms with van der Waals surface area (Å²) in [5.74, 6) is -1.79. The highest BCUT2D eigenvalue weighted by molar-refractivity contribution is 8.02. The van der Waals surface area contributed by atoms with Gasteiger partial charge in [0, 0.05) is 6.42 Å². The highest BCUT2D eigenvalue weighted by Gasteiger charge is 2.28. The highest BCUT2D eigenvalue weighted by atomic mass is 32.2. The maximum Gasteiger partial charge on any atom is 0.348 e. The molecule has 0 saturated carbocycles. The van der Waals surface area contributed by atoms with E-state index in [0.717, 1.165) is 40.0 Å². The van der Waals surface area contributed by atoms with Gasteiger partial charge in [-0.05, 0) is 45.2 Å². The van der Waals surface area contributed by atoms with Crippen LogP contribution in [0.25, 0.3) is 0 Å². The number of thiophene rings is 1. The number of rotatable bonds is 12. The Morgan fingerprint density at radius 1 is 0.974 bits per heavy atom. The number of aryl methyl sites for hydroxylation is 1. The number of benzene rings is 1. The maximum absolute atomic E-state index is 13.0. The first-order chi connectivity index (χ1) is 18.2. The Kier molecular flexibility index (Phi) is 10.8. The lowest BCUT2D eigenvalue weighted by Gasteiger charge is -2.10. The number of amides is 2. The lowest BCUT2D eigenvalue weighted by Crippen LogP contribution is -2.23. The lowest BCUT2D eigenvalue weighted by atomic mass is 10.1. The predicted octanol–water partition coefficient (Wildman–Crippen LogP) is 4.95. The fraction of sp³-hybridized carbons (Fsp3) is 0.360. The minimum absolute atomic E-state index is 0.127. The second-order valence-corrected chi connectivity index (χ2v) is 11.4. The van der Waals surface area contributed by atoms with Gasteiger partial charge in [0.1, 0.15) is 9.88 Å². The van der Waals surface area contributed by atoms with Gasteiger partial charge < -0.3 is 20.1 Å². The van der Waals surface area contributed by atoms with Gasteiger partial charge in [0.25, 0.3) is 0 Å². The number of anilines is 2. The van der Waals surface area contributed by atoms with Gasteiger partial charge in [-0.15, -0.1) is 21.5 Å². The Balaban J connectivity index is 1.62. The Bertz CT molecular complexity index is 1290. The molecule has 2 N–H and O–H groups in total. The van der Waals surface area contributed by atoms with Crippen LogP contribution in [-0.4, -0.2) is 52.4 Å². The Morgan fingerprint density at radius 3 is 2.34 bits per heavy atom. The molecule has 3 rings (SSSR count). The van der Waals surface area contributed by atoms with E-state index in [1.54, 1.807) is 27.7 Å². The molecule has 2 heterocycles. The zero-order chi connectivity index (χ0) is 27.7. The summed E-state index contributed by atoms with van der Waals surface area (Å²) in [5.41, 5.74) is 1.58. The molecule has 0 bridgehead atoms. The summed E-state index contributed by atoms with van der Waals surface area (Å²) < 4.78 is 10.7. The van der Waals surface area contributed by atoms with Crippen molar-refractivity contribution in [3.8, 4) is 0 Å². The van der Waals surface area contributed by atoms with E-state index in [9.17, 15) is 19.2 Å². The smallest absolute Gasteiger partial charge is 0.348 e. The molecule has 0 aliphatic carbocycles. The summed E-state index contributed by atoms with van der Waals surface area (Å²) in [6.07, 6.45) is 0.917. The first-order valence-corrected chi connectivity index (χ1v) is 14.4. The van der Waals surface area contributed by atoms with Gasteiger partial charge in [0.05, 0.1) is 24.0 Å². The fourth-order valence-electron chi connectivity index (χ4n) is 3.25. The van der Waals surface area contributed by atoms with Crippen LogP contribution in [0.1, 0.15) is 58.3 Å². The molecule has 13 heteroatoms. The largest absolute Gasteiger partial charge is 0.462 e. The zero-order valence-electron chi connectivity index (χ0n) is 21.4. The predicted molar refractivity (Wildman–Crippen MR) is 148 cm³/mol. The van der Waals surface area contributed by atoms with Crippen LogP contribution in [-0.2, 0) is 25.5 Å². The number of nitrogens with zero attached hydrogens (tertiary/aromatic N) is 2. The van der Waals surface area contributed by atoms with E-state index in [4.69, 9.17) is 9.47 Å². The van der Waals surface area contributed by atoms with Crippen LogP contribution in [0.15, 0.2) is 34.7 Å². The Morgan fingerprint density at radius 2 is 1.66 bits per heavy atom. The van der Waals surface area contributed by atoms with Crippen LogP contribution in [0.3, 0.4) is 0 Å². The van der Waals surface area contributed by atoms with Crippen molar-refractivity contribution in [1.82, 2.24) is 10.2 Å². The van der Waals surface area contributed by atoms with Crippen molar-refractivity contribution in [2.24, 2.45) is 0 Å². The van der Waals surface area contributed by atoms with Crippen LogP contribution < -0.4 is 10.6 Å². The normalized spacial score (nSPS) is 11.5. The van der Waals surface area contributed by atoms with Crippen molar-refractivity contribution in [2.75, 3.05) is 23.8 Å². The standard InChI is InChI=1S/C25H28N4O6S3/c1-5-34-22(32)18-14(3)19(23(33)35-6-2)37-21(18)27-20(31)15(4)36-25-29-28-24(38-25)26-17(30)13-12-16-10-8-7-9-11-16/h7-11,15H,5-6,12-13H2,1-4H3,(H,27,31)(H,26,28,30). The molecule has 0 saturated heterocycles. The van der Waals surface area contributed by atoms with Gasteiger partial charge in [-0.3, -0.25) is 9.59 Å². The Labute approximate surface area is 232 Å². The monoisotopic (exact) mass is 576 g/mol. The van der Waals surface area contributed by atoms with Crippen LogP contribution in [0, 0.1) is 6.92 Å². The highest BCUT2D eigenvalue weighted by Crippen LogP contribution is 2.36. The third kappa shape index (κ3) is 7.85. The molecule has 10 nitrogen and oxygen atoms in total. The van der Waals surface area contributed by atoms with Crippen molar-refractivity contribution < 1.29 is 28.7 Å². The average molecular weight is 577 g/mol. The van der Waals surface area contributed by atoms with Crippen molar-refractivity contribution >= 4 is 68.3 Å². The molecule has 0 spiro atoms. The van der Waals surface area contributed by atoms with E-state index >= 15 is 0 Å². The molecule has 0 radical (unpaired) electrons. The van der Waals surface area contributed by atoms with Crippen molar-refractivity contribution in [3.05, 3.63) is 51.9 Å². The molecule has 3 aromatic rings. The van der Waals surface area contributed by atoms with Crippen molar-refractivity contribution in [3.63, 3.8) is 0 Å². The number of esters is 2. The van der Waals surface area contributed by atoms with Crippen LogP contribution >= 0.6 is 34.4 Å². The van der Waals surface area contributed by atoms with Gasteiger partial charge in [-0.2, -0.15) is 0 Å². The number of hydrogen-bond acceptors (Lipinski definition) is 11. The van der Waals surface area contributed by atoms with Gasteiger partial charge in [-0.25, -0.2) is 9.59 Å². The summed E-state index contributed by atoms with van der Waals surface area (Å²) in [5, 5.41) is 13.5. The number of carbonyl (C=O) groups excluding carboxylic acids is 4. The number of thioether (sulfide) groups is 1. The molecule has 2 amide bonds. The van der Waals surface area contributed by atoms with Crippen molar-refractivity contribution in [2.45, 2.75) is 50.1 Å². The first-order valence-electron chi connectivity index (χ1n) is 11.9. The Hall–Kier alpha value is -3.29.